The number of benzene rings is 1. The Balaban J connectivity index is 1.29. The van der Waals surface area contributed by atoms with Gasteiger partial charge in [-0.3, -0.25) is 9.78 Å². The predicted molar refractivity (Wildman–Crippen MR) is 106 cm³/mol. The van der Waals surface area contributed by atoms with E-state index in [-0.39, 0.29) is 12.5 Å². The minimum Gasteiger partial charge on any atom is -0.484 e. The quantitative estimate of drug-likeness (QED) is 0.681. The first-order chi connectivity index (χ1) is 13.8. The smallest absolute Gasteiger partial charge is 0.260 e. The van der Waals surface area contributed by atoms with Crippen LogP contribution in [0.2, 0.25) is 0 Å². The average molecular weight is 375 g/mol. The highest BCUT2D eigenvalue weighted by Crippen LogP contribution is 2.17. The first kappa shape index (κ1) is 17.9. The average Bonchev–Trinajstić information content (AvgIpc) is 2.79. The molecule has 0 saturated carbocycles. The van der Waals surface area contributed by atoms with Gasteiger partial charge in [-0.2, -0.15) is 0 Å². The number of rotatable bonds is 5. The molecule has 1 fully saturated rings. The zero-order chi connectivity index (χ0) is 19.2. The molecule has 3 heterocycles. The molecule has 0 aliphatic carbocycles. The number of hydrogen-bond donors (Lipinski definition) is 0. The molecule has 7 nitrogen and oxygen atoms in total. The van der Waals surface area contributed by atoms with E-state index in [1.165, 1.54) is 0 Å². The molecule has 0 radical (unpaired) electrons. The van der Waals surface area contributed by atoms with Crippen LogP contribution >= 0.6 is 0 Å². The number of anilines is 1. The van der Waals surface area contributed by atoms with Gasteiger partial charge >= 0.3 is 0 Å². The molecule has 1 amide bonds. The van der Waals surface area contributed by atoms with E-state index in [0.717, 1.165) is 17.2 Å². The first-order valence-electron chi connectivity index (χ1n) is 9.25. The van der Waals surface area contributed by atoms with Crippen LogP contribution in [0.3, 0.4) is 0 Å². The second-order valence-electron chi connectivity index (χ2n) is 6.46. The molecule has 142 valence electrons. The van der Waals surface area contributed by atoms with Crippen molar-refractivity contribution < 1.29 is 9.53 Å². The zero-order valence-corrected chi connectivity index (χ0v) is 15.4. The lowest BCUT2D eigenvalue weighted by molar-refractivity contribution is -0.133. The molecule has 0 atom stereocenters. The third-order valence-corrected chi connectivity index (χ3v) is 4.64. The molecular formula is C21H21N5O2. The van der Waals surface area contributed by atoms with Crippen LogP contribution in [-0.2, 0) is 4.79 Å². The first-order valence-corrected chi connectivity index (χ1v) is 9.25. The maximum absolute atomic E-state index is 12.4. The number of aromatic nitrogens is 3. The molecular weight excluding hydrogens is 354 g/mol. The molecule has 28 heavy (non-hydrogen) atoms. The maximum atomic E-state index is 12.4. The van der Waals surface area contributed by atoms with Gasteiger partial charge in [0.05, 0.1) is 5.69 Å². The summed E-state index contributed by atoms with van der Waals surface area (Å²) >= 11 is 0. The van der Waals surface area contributed by atoms with E-state index in [4.69, 9.17) is 4.74 Å². The highest BCUT2D eigenvalue weighted by molar-refractivity contribution is 5.78. The van der Waals surface area contributed by atoms with Crippen molar-refractivity contribution in [2.45, 2.75) is 0 Å². The van der Waals surface area contributed by atoms with E-state index >= 15 is 0 Å². The van der Waals surface area contributed by atoms with Crippen LogP contribution in [0.15, 0.2) is 66.9 Å². The summed E-state index contributed by atoms with van der Waals surface area (Å²) in [6.07, 6.45) is 1.74. The number of nitrogens with zero attached hydrogens (tertiary/aromatic N) is 5. The summed E-state index contributed by atoms with van der Waals surface area (Å²) in [6, 6.07) is 19.0. The monoisotopic (exact) mass is 375 g/mol. The number of hydrogen-bond acceptors (Lipinski definition) is 6. The fourth-order valence-electron chi connectivity index (χ4n) is 3.08. The van der Waals surface area contributed by atoms with E-state index in [1.54, 1.807) is 6.20 Å². The molecule has 0 unspecified atom stereocenters. The summed E-state index contributed by atoms with van der Waals surface area (Å²) in [5.74, 6) is 1.52. The van der Waals surface area contributed by atoms with Gasteiger partial charge in [-0.1, -0.05) is 24.3 Å². The molecule has 7 heteroatoms. The van der Waals surface area contributed by atoms with Gasteiger partial charge in [0.15, 0.2) is 12.4 Å². The van der Waals surface area contributed by atoms with Crippen molar-refractivity contribution in [3.05, 3.63) is 66.9 Å². The summed E-state index contributed by atoms with van der Waals surface area (Å²) in [4.78, 5) is 20.6. The summed E-state index contributed by atoms with van der Waals surface area (Å²) in [5.41, 5.74) is 1.55. The number of carbonyl (C=O) groups is 1. The van der Waals surface area contributed by atoms with Crippen molar-refractivity contribution in [2.75, 3.05) is 37.7 Å². The highest BCUT2D eigenvalue weighted by atomic mass is 16.5. The lowest BCUT2D eigenvalue weighted by Crippen LogP contribution is -2.50. The molecule has 0 spiro atoms. The van der Waals surface area contributed by atoms with E-state index in [0.29, 0.717) is 31.9 Å². The molecule has 1 saturated heterocycles. The Morgan fingerprint density at radius 3 is 2.32 bits per heavy atom. The largest absolute Gasteiger partial charge is 0.484 e. The lowest BCUT2D eigenvalue weighted by Gasteiger charge is -2.35. The van der Waals surface area contributed by atoms with Crippen molar-refractivity contribution >= 4 is 11.7 Å². The highest BCUT2D eigenvalue weighted by Gasteiger charge is 2.22. The summed E-state index contributed by atoms with van der Waals surface area (Å²) in [5, 5.41) is 8.62. The van der Waals surface area contributed by atoms with Crippen molar-refractivity contribution in [3.8, 4) is 17.1 Å². The van der Waals surface area contributed by atoms with Gasteiger partial charge in [0, 0.05) is 32.4 Å². The van der Waals surface area contributed by atoms with Gasteiger partial charge < -0.3 is 14.5 Å². The van der Waals surface area contributed by atoms with Gasteiger partial charge in [-0.25, -0.2) is 0 Å². The predicted octanol–water partition coefficient (Wildman–Crippen LogP) is 2.27. The van der Waals surface area contributed by atoms with Crippen LogP contribution in [0, 0.1) is 0 Å². The Hall–Kier alpha value is -3.48. The van der Waals surface area contributed by atoms with Gasteiger partial charge in [0.1, 0.15) is 11.4 Å². The normalized spacial score (nSPS) is 14.0. The second kappa shape index (κ2) is 8.47. The molecule has 2 aromatic heterocycles. The number of carbonyl (C=O) groups excluding carboxylic acids is 1. The SMILES string of the molecule is O=C(COc1ccccc1)N1CCN(c2ccc(-c3ccccn3)nn2)CC1. The lowest BCUT2D eigenvalue weighted by atomic mass is 10.2. The Kier molecular flexibility index (Phi) is 5.42. The Bertz CT molecular complexity index is 895. The fraction of sp³-hybridized carbons (Fsp3) is 0.238. The van der Waals surface area contributed by atoms with Gasteiger partial charge in [0.25, 0.3) is 5.91 Å². The Morgan fingerprint density at radius 2 is 1.64 bits per heavy atom. The third kappa shape index (κ3) is 4.25. The van der Waals surface area contributed by atoms with E-state index in [9.17, 15) is 4.79 Å². The summed E-state index contributed by atoms with van der Waals surface area (Å²) in [6.45, 7) is 2.77. The number of ether oxygens (including phenoxy) is 1. The molecule has 1 aromatic carbocycles. The number of piperazine rings is 1. The minimum atomic E-state index is 0.0000807. The fourth-order valence-corrected chi connectivity index (χ4v) is 3.08. The van der Waals surface area contributed by atoms with Crippen molar-refractivity contribution in [1.82, 2.24) is 20.1 Å². The van der Waals surface area contributed by atoms with E-state index in [2.05, 4.69) is 20.1 Å². The Morgan fingerprint density at radius 1 is 0.857 bits per heavy atom. The number of para-hydroxylation sites is 1. The second-order valence-corrected chi connectivity index (χ2v) is 6.46. The van der Waals surface area contributed by atoms with Crippen molar-refractivity contribution in [2.24, 2.45) is 0 Å². The topological polar surface area (TPSA) is 71.5 Å². The van der Waals surface area contributed by atoms with Crippen LogP contribution in [0.25, 0.3) is 11.4 Å². The molecule has 0 N–H and O–H groups in total. The molecule has 1 aliphatic rings. The van der Waals surface area contributed by atoms with Crippen molar-refractivity contribution in [3.63, 3.8) is 0 Å². The summed E-state index contributed by atoms with van der Waals surface area (Å²) < 4.78 is 5.55. The van der Waals surface area contributed by atoms with E-state index < -0.39 is 0 Å². The maximum Gasteiger partial charge on any atom is 0.260 e. The van der Waals surface area contributed by atoms with Crippen LogP contribution < -0.4 is 9.64 Å². The number of pyridine rings is 1. The minimum absolute atomic E-state index is 0.0000807. The molecule has 4 rings (SSSR count). The van der Waals surface area contributed by atoms with Crippen LogP contribution in [0.1, 0.15) is 0 Å². The van der Waals surface area contributed by atoms with Crippen LogP contribution in [0.5, 0.6) is 5.75 Å². The van der Waals surface area contributed by atoms with Gasteiger partial charge in [-0.05, 0) is 36.4 Å². The Labute approximate surface area is 163 Å². The van der Waals surface area contributed by atoms with Gasteiger partial charge in [0.2, 0.25) is 0 Å². The van der Waals surface area contributed by atoms with Crippen LogP contribution in [-0.4, -0.2) is 58.8 Å². The molecule has 1 aliphatic heterocycles. The molecule has 3 aromatic rings. The van der Waals surface area contributed by atoms with Crippen molar-refractivity contribution in [1.29, 1.82) is 0 Å². The molecule has 0 bridgehead atoms. The van der Waals surface area contributed by atoms with Gasteiger partial charge in [-0.15, -0.1) is 10.2 Å². The third-order valence-electron chi connectivity index (χ3n) is 4.64. The number of amides is 1. The van der Waals surface area contributed by atoms with E-state index in [1.807, 2.05) is 65.6 Å². The standard InChI is InChI=1S/C21H21N5O2/c27-21(16-28-17-6-2-1-3-7-17)26-14-12-25(13-15-26)20-10-9-19(23-24-20)18-8-4-5-11-22-18/h1-11H,12-16H2. The summed E-state index contributed by atoms with van der Waals surface area (Å²) in [7, 11) is 0. The van der Waals surface area contributed by atoms with Crippen LogP contribution in [0.4, 0.5) is 5.82 Å². The zero-order valence-electron chi connectivity index (χ0n) is 15.4.